The highest BCUT2D eigenvalue weighted by Crippen LogP contribution is 2.21. The van der Waals surface area contributed by atoms with Gasteiger partial charge in [-0.05, 0) is 20.3 Å². The van der Waals surface area contributed by atoms with Gasteiger partial charge in [0.25, 0.3) is 5.91 Å². The molecule has 1 aromatic heterocycles. The van der Waals surface area contributed by atoms with Crippen LogP contribution >= 0.6 is 0 Å². The van der Waals surface area contributed by atoms with Crippen molar-refractivity contribution in [3.05, 3.63) is 11.8 Å². The zero-order valence-electron chi connectivity index (χ0n) is 11.8. The van der Waals surface area contributed by atoms with Gasteiger partial charge in [-0.1, -0.05) is 6.92 Å². The van der Waals surface area contributed by atoms with Gasteiger partial charge in [0.05, 0.1) is 12.1 Å². The molecule has 1 N–H and O–H groups in total. The second kappa shape index (κ2) is 5.03. The van der Waals surface area contributed by atoms with E-state index in [1.165, 1.54) is 4.90 Å². The Bertz CT molecular complexity index is 509. The average Bonchev–Trinajstić information content (AvgIpc) is 2.80. The smallest absolute Gasteiger partial charge is 0.252 e. The Balaban J connectivity index is 2.13. The maximum Gasteiger partial charge on any atom is 0.252 e. The van der Waals surface area contributed by atoms with Crippen LogP contribution in [-0.4, -0.2) is 38.6 Å². The molecule has 2 unspecified atom stereocenters. The molecule has 19 heavy (non-hydrogen) atoms. The summed E-state index contributed by atoms with van der Waals surface area (Å²) in [6.45, 7) is 5.75. The van der Waals surface area contributed by atoms with Crippen molar-refractivity contribution in [1.29, 1.82) is 0 Å². The van der Waals surface area contributed by atoms with E-state index >= 15 is 0 Å². The summed E-state index contributed by atoms with van der Waals surface area (Å²) in [5.74, 6) is 0.517. The molecular weight excluding hydrogens is 244 g/mol. The van der Waals surface area contributed by atoms with E-state index in [0.717, 1.165) is 17.9 Å². The molecule has 0 saturated carbocycles. The van der Waals surface area contributed by atoms with E-state index in [2.05, 4.69) is 10.4 Å². The number of nitrogens with zero attached hydrogens (tertiary/aromatic N) is 3. The highest BCUT2D eigenvalue weighted by Gasteiger charge is 2.40. The van der Waals surface area contributed by atoms with Crippen LogP contribution in [0.3, 0.4) is 0 Å². The highest BCUT2D eigenvalue weighted by molar-refractivity contribution is 6.07. The predicted molar refractivity (Wildman–Crippen MR) is 71.6 cm³/mol. The zero-order valence-corrected chi connectivity index (χ0v) is 11.8. The van der Waals surface area contributed by atoms with E-state index in [-0.39, 0.29) is 24.3 Å². The molecule has 6 nitrogen and oxygen atoms in total. The fraction of sp³-hybridized carbons (Fsp3) is 0.615. The van der Waals surface area contributed by atoms with E-state index in [4.69, 9.17) is 0 Å². The number of nitrogens with one attached hydrogen (secondary N) is 1. The van der Waals surface area contributed by atoms with Gasteiger partial charge in [0.15, 0.2) is 0 Å². The number of likely N-dealkylation sites (tertiary alicyclic amines) is 1. The van der Waals surface area contributed by atoms with Crippen LogP contribution in [0.25, 0.3) is 0 Å². The molecule has 0 aromatic carbocycles. The first kappa shape index (κ1) is 13.6. The lowest BCUT2D eigenvalue weighted by Gasteiger charge is -2.21. The molecular formula is C13H20N4O2. The van der Waals surface area contributed by atoms with E-state index in [0.29, 0.717) is 0 Å². The van der Waals surface area contributed by atoms with Gasteiger partial charge >= 0.3 is 0 Å². The largest absolute Gasteiger partial charge is 0.358 e. The van der Waals surface area contributed by atoms with Crippen molar-refractivity contribution in [2.45, 2.75) is 45.7 Å². The Labute approximate surface area is 112 Å². The fourth-order valence-corrected chi connectivity index (χ4v) is 2.33. The molecule has 1 fully saturated rings. The number of aromatic nitrogens is 2. The summed E-state index contributed by atoms with van der Waals surface area (Å²) in [5.41, 5.74) is 0.876. The average molecular weight is 264 g/mol. The Hall–Kier alpha value is -1.85. The van der Waals surface area contributed by atoms with E-state index < -0.39 is 6.04 Å². The van der Waals surface area contributed by atoms with Gasteiger partial charge in [0.2, 0.25) is 5.91 Å². The third kappa shape index (κ3) is 2.47. The summed E-state index contributed by atoms with van der Waals surface area (Å²) in [5, 5.41) is 7.32. The lowest BCUT2D eigenvalue weighted by atomic mass is 10.2. The normalized spacial score (nSPS) is 21.1. The van der Waals surface area contributed by atoms with Crippen LogP contribution in [0, 0.1) is 6.92 Å². The Morgan fingerprint density at radius 2 is 2.21 bits per heavy atom. The molecule has 104 valence electrons. The zero-order chi connectivity index (χ0) is 14.2. The first-order chi connectivity index (χ1) is 8.93. The SMILES string of the molecule is CCC(C)N1C(=O)CC(Nc2cc(C)nn2C)C1=O. The van der Waals surface area contributed by atoms with Gasteiger partial charge in [-0.25, -0.2) is 0 Å². The van der Waals surface area contributed by atoms with Crippen LogP contribution in [0.4, 0.5) is 5.82 Å². The van der Waals surface area contributed by atoms with Crippen LogP contribution in [0.5, 0.6) is 0 Å². The van der Waals surface area contributed by atoms with E-state index in [1.54, 1.807) is 4.68 Å². The second-order valence-corrected chi connectivity index (χ2v) is 5.05. The molecule has 1 saturated heterocycles. The van der Waals surface area contributed by atoms with Crippen molar-refractivity contribution >= 4 is 17.6 Å². The number of anilines is 1. The maximum absolute atomic E-state index is 12.3. The third-order valence-corrected chi connectivity index (χ3v) is 3.54. The number of hydrogen-bond acceptors (Lipinski definition) is 4. The van der Waals surface area contributed by atoms with Crippen molar-refractivity contribution in [1.82, 2.24) is 14.7 Å². The number of hydrogen-bond donors (Lipinski definition) is 1. The quantitative estimate of drug-likeness (QED) is 0.826. The summed E-state index contributed by atoms with van der Waals surface area (Å²) in [6.07, 6.45) is 0.989. The number of aryl methyl sites for hydroxylation is 2. The molecule has 2 amide bonds. The standard InChI is InChI=1S/C13H20N4O2/c1-5-9(3)17-12(18)7-10(13(17)19)14-11-6-8(2)15-16(11)4/h6,9-10,14H,5,7H2,1-4H3. The minimum Gasteiger partial charge on any atom is -0.358 e. The third-order valence-electron chi connectivity index (χ3n) is 3.54. The summed E-state index contributed by atoms with van der Waals surface area (Å²) < 4.78 is 1.68. The second-order valence-electron chi connectivity index (χ2n) is 5.05. The van der Waals surface area contributed by atoms with Gasteiger partial charge in [-0.2, -0.15) is 5.10 Å². The Morgan fingerprint density at radius 3 is 2.74 bits per heavy atom. The molecule has 0 radical (unpaired) electrons. The first-order valence-electron chi connectivity index (χ1n) is 6.57. The van der Waals surface area contributed by atoms with E-state index in [9.17, 15) is 9.59 Å². The number of carbonyl (C=O) groups is 2. The van der Waals surface area contributed by atoms with Gasteiger partial charge in [0, 0.05) is 19.2 Å². The molecule has 6 heteroatoms. The van der Waals surface area contributed by atoms with Gasteiger partial charge in [0.1, 0.15) is 11.9 Å². The van der Waals surface area contributed by atoms with Crippen molar-refractivity contribution in [2.75, 3.05) is 5.32 Å². The van der Waals surface area contributed by atoms with Crippen LogP contribution in [0.2, 0.25) is 0 Å². The number of carbonyl (C=O) groups excluding carboxylic acids is 2. The molecule has 0 bridgehead atoms. The lowest BCUT2D eigenvalue weighted by molar-refractivity contribution is -0.140. The molecule has 2 heterocycles. The minimum atomic E-state index is -0.476. The van der Waals surface area contributed by atoms with Crippen LogP contribution < -0.4 is 5.32 Å². The van der Waals surface area contributed by atoms with E-state index in [1.807, 2.05) is 33.9 Å². The lowest BCUT2D eigenvalue weighted by Crippen LogP contribution is -2.40. The number of amides is 2. The van der Waals surface area contributed by atoms with Crippen LogP contribution in [0.1, 0.15) is 32.4 Å². The predicted octanol–water partition coefficient (Wildman–Crippen LogP) is 1.07. The first-order valence-corrected chi connectivity index (χ1v) is 6.57. The fourth-order valence-electron chi connectivity index (χ4n) is 2.33. The van der Waals surface area contributed by atoms with Crippen molar-refractivity contribution in [3.8, 4) is 0 Å². The molecule has 0 aliphatic carbocycles. The van der Waals surface area contributed by atoms with Gasteiger partial charge < -0.3 is 5.32 Å². The monoisotopic (exact) mass is 264 g/mol. The minimum absolute atomic E-state index is 0.0416. The molecule has 1 aliphatic heterocycles. The van der Waals surface area contributed by atoms with Crippen LogP contribution in [0.15, 0.2) is 6.07 Å². The van der Waals surface area contributed by atoms with Crippen molar-refractivity contribution in [2.24, 2.45) is 7.05 Å². The molecule has 1 aliphatic rings. The molecule has 1 aromatic rings. The number of imide groups is 1. The molecule has 2 atom stereocenters. The topological polar surface area (TPSA) is 67.2 Å². The van der Waals surface area contributed by atoms with Gasteiger partial charge in [-0.15, -0.1) is 0 Å². The number of rotatable bonds is 4. The highest BCUT2D eigenvalue weighted by atomic mass is 16.2. The molecule has 0 spiro atoms. The van der Waals surface area contributed by atoms with Crippen LogP contribution in [-0.2, 0) is 16.6 Å². The maximum atomic E-state index is 12.3. The Morgan fingerprint density at radius 1 is 1.53 bits per heavy atom. The van der Waals surface area contributed by atoms with Crippen molar-refractivity contribution in [3.63, 3.8) is 0 Å². The summed E-state index contributed by atoms with van der Waals surface area (Å²) >= 11 is 0. The summed E-state index contributed by atoms with van der Waals surface area (Å²) in [4.78, 5) is 25.5. The van der Waals surface area contributed by atoms with Crippen molar-refractivity contribution < 1.29 is 9.59 Å². The molecule has 2 rings (SSSR count). The summed E-state index contributed by atoms with van der Waals surface area (Å²) in [6, 6.07) is 1.35. The Kier molecular flexibility index (Phi) is 3.59. The summed E-state index contributed by atoms with van der Waals surface area (Å²) in [7, 11) is 1.81. The van der Waals surface area contributed by atoms with Gasteiger partial charge in [-0.3, -0.25) is 19.2 Å².